The Labute approximate surface area is 142 Å². The fraction of sp³-hybridized carbons (Fsp3) is 0.550. The summed E-state index contributed by atoms with van der Waals surface area (Å²) in [6.45, 7) is 4.60. The molecule has 0 saturated heterocycles. The average molecular weight is 328 g/mol. The number of halogens is 1. The first-order valence-electron chi connectivity index (χ1n) is 8.95. The van der Waals surface area contributed by atoms with Gasteiger partial charge in [0.05, 0.1) is 30.4 Å². The predicted molar refractivity (Wildman–Crippen MR) is 92.1 cm³/mol. The van der Waals surface area contributed by atoms with Crippen molar-refractivity contribution in [1.29, 1.82) is 0 Å². The third kappa shape index (κ3) is 2.57. The van der Waals surface area contributed by atoms with Crippen LogP contribution in [0.5, 0.6) is 0 Å². The summed E-state index contributed by atoms with van der Waals surface area (Å²) in [6.07, 6.45) is 8.13. The van der Waals surface area contributed by atoms with Crippen LogP contribution in [-0.2, 0) is 0 Å². The van der Waals surface area contributed by atoms with Crippen LogP contribution in [0.15, 0.2) is 30.7 Å². The zero-order chi connectivity index (χ0) is 16.9. The maximum Gasteiger partial charge on any atom is 0.129 e. The Balaban J connectivity index is 1.57. The minimum atomic E-state index is -0.396. The molecule has 1 fully saturated rings. The fourth-order valence-corrected chi connectivity index (χ4v) is 4.46. The number of aliphatic hydroxyl groups is 1. The van der Waals surface area contributed by atoms with Crippen molar-refractivity contribution in [2.45, 2.75) is 58.1 Å². The lowest BCUT2D eigenvalue weighted by molar-refractivity contribution is 0.0448. The SMILES string of the molecule is CC1(C)CCC(C(O)CC2c3c(F)cccc3-c3cncn32)CC1. The molecule has 1 aromatic heterocycles. The Morgan fingerprint density at radius 3 is 2.83 bits per heavy atom. The molecule has 1 aliphatic heterocycles. The average Bonchev–Trinajstić information content (AvgIpc) is 3.11. The van der Waals surface area contributed by atoms with Crippen molar-refractivity contribution in [2.75, 3.05) is 0 Å². The highest BCUT2D eigenvalue weighted by Gasteiger charge is 2.36. The van der Waals surface area contributed by atoms with Gasteiger partial charge in [-0.1, -0.05) is 26.0 Å². The zero-order valence-corrected chi connectivity index (χ0v) is 14.4. The van der Waals surface area contributed by atoms with Crippen molar-refractivity contribution >= 4 is 0 Å². The summed E-state index contributed by atoms with van der Waals surface area (Å²) >= 11 is 0. The summed E-state index contributed by atoms with van der Waals surface area (Å²) in [6, 6.07) is 5.06. The lowest BCUT2D eigenvalue weighted by Crippen LogP contribution is -2.30. The van der Waals surface area contributed by atoms with Gasteiger partial charge in [-0.25, -0.2) is 9.37 Å². The van der Waals surface area contributed by atoms with Gasteiger partial charge in [-0.05, 0) is 49.5 Å². The van der Waals surface area contributed by atoms with E-state index in [4.69, 9.17) is 0 Å². The Morgan fingerprint density at radius 2 is 2.08 bits per heavy atom. The minimum absolute atomic E-state index is 0.149. The van der Waals surface area contributed by atoms with E-state index < -0.39 is 6.10 Å². The van der Waals surface area contributed by atoms with Crippen LogP contribution >= 0.6 is 0 Å². The van der Waals surface area contributed by atoms with Gasteiger partial charge in [0, 0.05) is 11.1 Å². The summed E-state index contributed by atoms with van der Waals surface area (Å²) < 4.78 is 16.5. The molecule has 2 atom stereocenters. The van der Waals surface area contributed by atoms with E-state index in [1.165, 1.54) is 6.07 Å². The van der Waals surface area contributed by atoms with Gasteiger partial charge in [-0.3, -0.25) is 0 Å². The largest absolute Gasteiger partial charge is 0.393 e. The van der Waals surface area contributed by atoms with Gasteiger partial charge < -0.3 is 9.67 Å². The number of hydrogen-bond donors (Lipinski definition) is 1. The minimum Gasteiger partial charge on any atom is -0.393 e. The number of rotatable bonds is 3. The quantitative estimate of drug-likeness (QED) is 0.897. The maximum absolute atomic E-state index is 14.5. The molecule has 4 rings (SSSR count). The Hall–Kier alpha value is -1.68. The molecule has 2 unspecified atom stereocenters. The molecule has 2 aromatic rings. The first kappa shape index (κ1) is 15.8. The Kier molecular flexibility index (Phi) is 3.75. The van der Waals surface area contributed by atoms with E-state index in [1.54, 1.807) is 18.6 Å². The van der Waals surface area contributed by atoms with Gasteiger partial charge in [-0.2, -0.15) is 0 Å². The maximum atomic E-state index is 14.5. The lowest BCUT2D eigenvalue weighted by atomic mass is 9.71. The molecular weight excluding hydrogens is 303 g/mol. The first-order valence-corrected chi connectivity index (χ1v) is 8.95. The van der Waals surface area contributed by atoms with Gasteiger partial charge in [0.1, 0.15) is 5.82 Å². The number of fused-ring (bicyclic) bond motifs is 3. The summed E-state index contributed by atoms with van der Waals surface area (Å²) in [5.74, 6) is 0.138. The number of aliphatic hydroxyl groups excluding tert-OH is 1. The van der Waals surface area contributed by atoms with Crippen molar-refractivity contribution in [3.8, 4) is 11.3 Å². The molecule has 24 heavy (non-hydrogen) atoms. The molecule has 1 N–H and O–H groups in total. The molecule has 128 valence electrons. The standard InChI is InChI=1S/C20H25FN2O/c1-20(2)8-6-13(7-9-20)18(24)10-16-19-14(4-3-5-15(19)21)17-11-22-12-23(16)17/h3-5,11-13,16,18,24H,6-10H2,1-2H3. The van der Waals surface area contributed by atoms with Crippen LogP contribution in [0.4, 0.5) is 4.39 Å². The molecule has 1 aromatic carbocycles. The third-order valence-electron chi connectivity index (χ3n) is 6.06. The molecule has 0 bridgehead atoms. The molecule has 2 aliphatic rings. The van der Waals surface area contributed by atoms with E-state index in [0.717, 1.165) is 36.9 Å². The van der Waals surface area contributed by atoms with E-state index in [1.807, 2.05) is 10.6 Å². The highest BCUT2D eigenvalue weighted by Crippen LogP contribution is 2.45. The van der Waals surface area contributed by atoms with Gasteiger partial charge in [0.25, 0.3) is 0 Å². The lowest BCUT2D eigenvalue weighted by Gasteiger charge is -2.37. The predicted octanol–water partition coefficient (Wildman–Crippen LogP) is 4.56. The smallest absolute Gasteiger partial charge is 0.129 e. The number of nitrogens with zero attached hydrogens (tertiary/aromatic N) is 2. The monoisotopic (exact) mass is 328 g/mol. The second-order valence-corrected chi connectivity index (χ2v) is 8.21. The van der Waals surface area contributed by atoms with E-state index in [2.05, 4.69) is 18.8 Å². The zero-order valence-electron chi connectivity index (χ0n) is 14.4. The van der Waals surface area contributed by atoms with Crippen LogP contribution in [-0.4, -0.2) is 20.8 Å². The van der Waals surface area contributed by atoms with Crippen molar-refractivity contribution < 1.29 is 9.50 Å². The third-order valence-corrected chi connectivity index (χ3v) is 6.06. The fourth-order valence-electron chi connectivity index (χ4n) is 4.46. The van der Waals surface area contributed by atoms with Crippen LogP contribution < -0.4 is 0 Å². The Bertz CT molecular complexity index is 742. The highest BCUT2D eigenvalue weighted by atomic mass is 19.1. The molecule has 0 amide bonds. The number of benzene rings is 1. The van der Waals surface area contributed by atoms with Crippen LogP contribution in [0.3, 0.4) is 0 Å². The normalized spacial score (nSPS) is 23.8. The first-order chi connectivity index (χ1) is 11.5. The molecule has 0 spiro atoms. The van der Waals surface area contributed by atoms with Gasteiger partial charge in [0.2, 0.25) is 0 Å². The van der Waals surface area contributed by atoms with Crippen molar-refractivity contribution in [3.63, 3.8) is 0 Å². The van der Waals surface area contributed by atoms with Crippen LogP contribution in [0, 0.1) is 17.2 Å². The van der Waals surface area contributed by atoms with Crippen molar-refractivity contribution in [1.82, 2.24) is 9.55 Å². The van der Waals surface area contributed by atoms with Gasteiger partial charge in [-0.15, -0.1) is 0 Å². The summed E-state index contributed by atoms with van der Waals surface area (Å²) in [5.41, 5.74) is 2.96. The summed E-state index contributed by atoms with van der Waals surface area (Å²) in [7, 11) is 0. The molecule has 4 heteroatoms. The van der Waals surface area contributed by atoms with Gasteiger partial charge >= 0.3 is 0 Å². The van der Waals surface area contributed by atoms with E-state index in [9.17, 15) is 9.50 Å². The molecule has 1 saturated carbocycles. The van der Waals surface area contributed by atoms with Crippen molar-refractivity contribution in [2.24, 2.45) is 11.3 Å². The molecule has 2 heterocycles. The number of aromatic nitrogens is 2. The van der Waals surface area contributed by atoms with Crippen LogP contribution in [0.25, 0.3) is 11.3 Å². The highest BCUT2D eigenvalue weighted by molar-refractivity contribution is 5.69. The molecule has 0 radical (unpaired) electrons. The molecular formula is C20H25FN2O. The second kappa shape index (κ2) is 5.69. The number of hydrogen-bond acceptors (Lipinski definition) is 2. The van der Waals surface area contributed by atoms with E-state index >= 15 is 0 Å². The molecule has 3 nitrogen and oxygen atoms in total. The van der Waals surface area contributed by atoms with E-state index in [0.29, 0.717) is 23.3 Å². The number of imidazole rings is 1. The van der Waals surface area contributed by atoms with Crippen molar-refractivity contribution in [3.05, 3.63) is 42.1 Å². The van der Waals surface area contributed by atoms with E-state index in [-0.39, 0.29) is 11.9 Å². The topological polar surface area (TPSA) is 38.1 Å². The Morgan fingerprint density at radius 1 is 1.33 bits per heavy atom. The van der Waals surface area contributed by atoms with Crippen LogP contribution in [0.2, 0.25) is 0 Å². The molecule has 1 aliphatic carbocycles. The second-order valence-electron chi connectivity index (χ2n) is 8.21. The van der Waals surface area contributed by atoms with Gasteiger partial charge in [0.15, 0.2) is 0 Å². The van der Waals surface area contributed by atoms with Crippen LogP contribution in [0.1, 0.15) is 57.6 Å². The summed E-state index contributed by atoms with van der Waals surface area (Å²) in [5, 5.41) is 10.8. The summed E-state index contributed by atoms with van der Waals surface area (Å²) in [4.78, 5) is 4.22.